The number of carboxylic acid groups (broad SMARTS) is 2. The van der Waals surface area contributed by atoms with Crippen LogP contribution < -0.4 is 10.1 Å². The van der Waals surface area contributed by atoms with E-state index in [1.54, 1.807) is 18.2 Å². The van der Waals surface area contributed by atoms with Gasteiger partial charge < -0.3 is 20.3 Å². The molecular weight excluding hydrogens is 486 g/mol. The van der Waals surface area contributed by atoms with Gasteiger partial charge >= 0.3 is 11.9 Å². The summed E-state index contributed by atoms with van der Waals surface area (Å²) in [5, 5.41) is 21.8. The van der Waals surface area contributed by atoms with Crippen LogP contribution in [0, 0.1) is 12.3 Å². The van der Waals surface area contributed by atoms with Gasteiger partial charge in [0.1, 0.15) is 12.4 Å². The molecule has 4 rings (SSSR count). The first kappa shape index (κ1) is 25.9. The zero-order valence-corrected chi connectivity index (χ0v) is 20.6. The van der Waals surface area contributed by atoms with Gasteiger partial charge in [0.25, 0.3) is 5.91 Å². The molecule has 0 bridgehead atoms. The van der Waals surface area contributed by atoms with E-state index in [0.29, 0.717) is 28.3 Å². The van der Waals surface area contributed by atoms with Gasteiger partial charge in [0.05, 0.1) is 22.3 Å². The number of carbonyl (C=O) groups is 3. The van der Waals surface area contributed by atoms with Crippen LogP contribution in [-0.4, -0.2) is 44.6 Å². The number of hydrogen-bond donors (Lipinski definition) is 3. The summed E-state index contributed by atoms with van der Waals surface area (Å²) in [6.07, 6.45) is 5.31. The van der Waals surface area contributed by atoms with Crippen molar-refractivity contribution in [3.05, 3.63) is 83.2 Å². The van der Waals surface area contributed by atoms with Crippen LogP contribution in [0.25, 0.3) is 22.2 Å². The molecule has 3 N–H and O–H groups in total. The minimum atomic E-state index is -1.43. The quantitative estimate of drug-likeness (QED) is 0.280. The lowest BCUT2D eigenvalue weighted by molar-refractivity contribution is 0.0651. The molecule has 0 spiro atoms. The van der Waals surface area contributed by atoms with Crippen LogP contribution in [0.5, 0.6) is 5.75 Å². The van der Waals surface area contributed by atoms with E-state index in [0.717, 1.165) is 23.3 Å². The molecule has 0 atom stereocenters. The smallest absolute Gasteiger partial charge is 0.336 e. The number of terminal acetylenes is 1. The molecule has 4 aromatic rings. The molecule has 0 aliphatic carbocycles. The Kier molecular flexibility index (Phi) is 7.35. The monoisotopic (exact) mass is 509 g/mol. The predicted molar refractivity (Wildman–Crippen MR) is 142 cm³/mol. The molecule has 0 aliphatic heterocycles. The molecule has 1 aromatic heterocycles. The molecule has 0 fully saturated rings. The maximum absolute atomic E-state index is 13.1. The number of benzene rings is 3. The molecule has 1 heterocycles. The van der Waals surface area contributed by atoms with Crippen molar-refractivity contribution in [1.29, 1.82) is 0 Å². The van der Waals surface area contributed by atoms with Gasteiger partial charge in [-0.25, -0.2) is 19.6 Å². The van der Waals surface area contributed by atoms with Gasteiger partial charge in [-0.15, -0.1) is 6.42 Å². The van der Waals surface area contributed by atoms with Gasteiger partial charge in [0, 0.05) is 16.6 Å². The van der Waals surface area contributed by atoms with E-state index in [1.807, 2.05) is 24.3 Å². The Morgan fingerprint density at radius 3 is 2.29 bits per heavy atom. The Morgan fingerprint density at radius 2 is 1.66 bits per heavy atom. The van der Waals surface area contributed by atoms with Gasteiger partial charge in [0.15, 0.2) is 0 Å². The summed E-state index contributed by atoms with van der Waals surface area (Å²) in [4.78, 5) is 44.9. The Hall–Kier alpha value is -5.23. The van der Waals surface area contributed by atoms with Crippen LogP contribution in [0.4, 0.5) is 5.69 Å². The van der Waals surface area contributed by atoms with Gasteiger partial charge in [-0.3, -0.25) is 4.79 Å². The molecular formula is C29H23N3O6. The SMILES string of the molecule is C#CCOc1ccc2nc(C(=O)Nc3ccc(C(=O)O)c(C(=O)O)c3)nc(-c3ccc(C(C)C)cc3)c2c1. The molecule has 38 heavy (non-hydrogen) atoms. The normalized spacial score (nSPS) is 10.7. The molecule has 9 heteroatoms. The Bertz CT molecular complexity index is 1600. The molecule has 0 aliphatic rings. The van der Waals surface area contributed by atoms with Gasteiger partial charge in [0.2, 0.25) is 5.82 Å². The highest BCUT2D eigenvalue weighted by atomic mass is 16.5. The summed E-state index contributed by atoms with van der Waals surface area (Å²) in [6, 6.07) is 16.4. The molecule has 0 radical (unpaired) electrons. The van der Waals surface area contributed by atoms with Crippen LogP contribution in [0.3, 0.4) is 0 Å². The highest BCUT2D eigenvalue weighted by Crippen LogP contribution is 2.30. The summed E-state index contributed by atoms with van der Waals surface area (Å²) >= 11 is 0. The topological polar surface area (TPSA) is 139 Å². The third-order valence-corrected chi connectivity index (χ3v) is 5.78. The number of carboxylic acids is 2. The van der Waals surface area contributed by atoms with Gasteiger partial charge in [-0.05, 0) is 47.9 Å². The highest BCUT2D eigenvalue weighted by Gasteiger charge is 2.20. The van der Waals surface area contributed by atoms with Crippen LogP contribution in [0.1, 0.15) is 56.7 Å². The molecule has 3 aromatic carbocycles. The van der Waals surface area contributed by atoms with Crippen molar-refractivity contribution in [3.63, 3.8) is 0 Å². The van der Waals surface area contributed by atoms with Crippen molar-refractivity contribution in [3.8, 4) is 29.4 Å². The Labute approximate surface area is 218 Å². The van der Waals surface area contributed by atoms with E-state index in [1.165, 1.54) is 6.07 Å². The lowest BCUT2D eigenvalue weighted by atomic mass is 9.99. The van der Waals surface area contributed by atoms with Crippen LogP contribution >= 0.6 is 0 Å². The van der Waals surface area contributed by atoms with E-state index in [2.05, 4.69) is 35.1 Å². The van der Waals surface area contributed by atoms with Crippen LogP contribution in [-0.2, 0) is 0 Å². The van der Waals surface area contributed by atoms with Crippen molar-refractivity contribution in [2.75, 3.05) is 11.9 Å². The zero-order valence-electron chi connectivity index (χ0n) is 20.6. The second-order valence-electron chi connectivity index (χ2n) is 8.67. The summed E-state index contributed by atoms with van der Waals surface area (Å²) in [5.41, 5.74) is 2.10. The number of aromatic nitrogens is 2. The first-order chi connectivity index (χ1) is 18.2. The lowest BCUT2D eigenvalue weighted by Crippen LogP contribution is -2.17. The molecule has 0 unspecified atom stereocenters. The van der Waals surface area contributed by atoms with Crippen LogP contribution in [0.2, 0.25) is 0 Å². The first-order valence-corrected chi connectivity index (χ1v) is 11.6. The number of fused-ring (bicyclic) bond motifs is 1. The zero-order chi connectivity index (χ0) is 27.4. The van der Waals surface area contributed by atoms with E-state index in [9.17, 15) is 24.6 Å². The lowest BCUT2D eigenvalue weighted by Gasteiger charge is -2.12. The highest BCUT2D eigenvalue weighted by molar-refractivity contribution is 6.06. The molecule has 0 saturated carbocycles. The molecule has 9 nitrogen and oxygen atoms in total. The summed E-state index contributed by atoms with van der Waals surface area (Å²) in [6.45, 7) is 4.26. The van der Waals surface area contributed by atoms with E-state index < -0.39 is 29.0 Å². The van der Waals surface area contributed by atoms with Crippen molar-refractivity contribution in [1.82, 2.24) is 9.97 Å². The number of nitrogens with one attached hydrogen (secondary N) is 1. The van der Waals surface area contributed by atoms with Crippen molar-refractivity contribution >= 4 is 34.4 Å². The second kappa shape index (κ2) is 10.8. The van der Waals surface area contributed by atoms with Crippen molar-refractivity contribution in [2.45, 2.75) is 19.8 Å². The van der Waals surface area contributed by atoms with Gasteiger partial charge in [-0.2, -0.15) is 0 Å². The third-order valence-electron chi connectivity index (χ3n) is 5.78. The number of carbonyl (C=O) groups excluding carboxylic acids is 1. The fourth-order valence-electron chi connectivity index (χ4n) is 3.84. The standard InChI is InChI=1S/C29H23N3O6/c1-4-13-38-20-10-12-24-23(15-20)25(18-7-5-17(6-8-18)16(2)3)32-26(31-24)27(33)30-19-9-11-21(28(34)35)22(14-19)29(36)37/h1,5-12,14-16H,13H2,2-3H3,(H,30,33)(H,34,35)(H,36,37). The third kappa shape index (κ3) is 5.44. The molecule has 0 saturated heterocycles. The molecule has 190 valence electrons. The summed E-state index contributed by atoms with van der Waals surface area (Å²) in [5.74, 6) is -0.401. The van der Waals surface area contributed by atoms with Crippen molar-refractivity contribution < 1.29 is 29.3 Å². The van der Waals surface area contributed by atoms with Crippen molar-refractivity contribution in [2.24, 2.45) is 0 Å². The maximum atomic E-state index is 13.1. The van der Waals surface area contributed by atoms with E-state index in [-0.39, 0.29) is 18.1 Å². The predicted octanol–water partition coefficient (Wildman–Crippen LogP) is 5.08. The average Bonchev–Trinajstić information content (AvgIpc) is 2.91. The minimum absolute atomic E-state index is 0.0852. The fraction of sp³-hybridized carbons (Fsp3) is 0.138. The van der Waals surface area contributed by atoms with Gasteiger partial charge in [-0.1, -0.05) is 44.0 Å². The largest absolute Gasteiger partial charge is 0.481 e. The summed E-state index contributed by atoms with van der Waals surface area (Å²) < 4.78 is 5.56. The maximum Gasteiger partial charge on any atom is 0.336 e. The Balaban J connectivity index is 1.78. The minimum Gasteiger partial charge on any atom is -0.481 e. The number of aromatic carboxylic acids is 2. The number of ether oxygens (including phenoxy) is 1. The number of amides is 1. The second-order valence-corrected chi connectivity index (χ2v) is 8.67. The number of rotatable bonds is 8. The number of hydrogen-bond acceptors (Lipinski definition) is 6. The number of anilines is 1. The Morgan fingerprint density at radius 1 is 0.947 bits per heavy atom. The summed E-state index contributed by atoms with van der Waals surface area (Å²) in [7, 11) is 0. The number of nitrogens with zero attached hydrogens (tertiary/aromatic N) is 2. The van der Waals surface area contributed by atoms with E-state index >= 15 is 0 Å². The first-order valence-electron chi connectivity index (χ1n) is 11.6. The average molecular weight is 510 g/mol. The molecule has 1 amide bonds. The fourth-order valence-corrected chi connectivity index (χ4v) is 3.84. The van der Waals surface area contributed by atoms with E-state index in [4.69, 9.17) is 11.2 Å². The van der Waals surface area contributed by atoms with Crippen LogP contribution in [0.15, 0.2) is 60.7 Å².